The van der Waals surface area contributed by atoms with Gasteiger partial charge < -0.3 is 14.8 Å². The van der Waals surface area contributed by atoms with E-state index < -0.39 is 0 Å². The quantitative estimate of drug-likeness (QED) is 0.882. The molecule has 1 aromatic rings. The van der Waals surface area contributed by atoms with Crippen LogP contribution in [0.3, 0.4) is 0 Å². The summed E-state index contributed by atoms with van der Waals surface area (Å²) in [6.07, 6.45) is 3.14. The lowest BCUT2D eigenvalue weighted by atomic mass is 9.89. The lowest BCUT2D eigenvalue weighted by Gasteiger charge is -2.39. The van der Waals surface area contributed by atoms with Gasteiger partial charge in [-0.15, -0.1) is 0 Å². The molecule has 1 aliphatic heterocycles. The third-order valence-corrected chi connectivity index (χ3v) is 3.85. The van der Waals surface area contributed by atoms with E-state index in [-0.39, 0.29) is 24.2 Å². The van der Waals surface area contributed by atoms with Crippen molar-refractivity contribution in [2.75, 3.05) is 13.2 Å². The van der Waals surface area contributed by atoms with Gasteiger partial charge in [0.15, 0.2) is 0 Å². The van der Waals surface area contributed by atoms with Crippen molar-refractivity contribution in [3.63, 3.8) is 0 Å². The molecule has 4 nitrogen and oxygen atoms in total. The molecule has 1 aliphatic carbocycles. The van der Waals surface area contributed by atoms with Crippen LogP contribution in [0.5, 0.6) is 0 Å². The molecule has 0 aromatic heterocycles. The molecule has 1 saturated heterocycles. The monoisotopic (exact) mass is 261 g/mol. The summed E-state index contributed by atoms with van der Waals surface area (Å²) in [5.74, 6) is 0.000720. The summed E-state index contributed by atoms with van der Waals surface area (Å²) < 4.78 is 11.4. The molecule has 0 radical (unpaired) electrons. The standard InChI is InChI=1S/C15H19NO3/c17-15(11-4-2-1-3-5-11)16-12-6-7-13-14(10-12)19-9-8-18-13/h1-5,12-14H,6-10H2,(H,16,17). The first-order valence-corrected chi connectivity index (χ1v) is 6.92. The molecule has 1 aromatic carbocycles. The Hall–Kier alpha value is -1.39. The number of rotatable bonds is 2. The Kier molecular flexibility index (Phi) is 3.80. The van der Waals surface area contributed by atoms with Crippen LogP contribution in [0.4, 0.5) is 0 Å². The van der Waals surface area contributed by atoms with Crippen LogP contribution in [0.15, 0.2) is 30.3 Å². The maximum absolute atomic E-state index is 12.1. The number of carbonyl (C=O) groups excluding carboxylic acids is 1. The van der Waals surface area contributed by atoms with Gasteiger partial charge >= 0.3 is 0 Å². The molecule has 3 unspecified atom stereocenters. The van der Waals surface area contributed by atoms with Gasteiger partial charge in [-0.2, -0.15) is 0 Å². The van der Waals surface area contributed by atoms with Gasteiger partial charge in [-0.3, -0.25) is 4.79 Å². The fraction of sp³-hybridized carbons (Fsp3) is 0.533. The molecule has 3 atom stereocenters. The van der Waals surface area contributed by atoms with Gasteiger partial charge in [0.05, 0.1) is 25.4 Å². The minimum atomic E-state index is 0.000720. The van der Waals surface area contributed by atoms with Gasteiger partial charge in [0, 0.05) is 11.6 Å². The van der Waals surface area contributed by atoms with Gasteiger partial charge in [-0.05, 0) is 31.4 Å². The topological polar surface area (TPSA) is 47.6 Å². The Labute approximate surface area is 113 Å². The SMILES string of the molecule is O=C(NC1CCC2OCCOC2C1)c1ccccc1. The molecule has 4 heteroatoms. The summed E-state index contributed by atoms with van der Waals surface area (Å²) in [6, 6.07) is 9.53. The molecule has 2 aliphatic rings. The molecule has 102 valence electrons. The van der Waals surface area contributed by atoms with E-state index in [9.17, 15) is 4.79 Å². The van der Waals surface area contributed by atoms with Gasteiger partial charge in [0.2, 0.25) is 0 Å². The average molecular weight is 261 g/mol. The second-order valence-electron chi connectivity index (χ2n) is 5.17. The number of carbonyl (C=O) groups is 1. The van der Waals surface area contributed by atoms with Gasteiger partial charge in [0.25, 0.3) is 5.91 Å². The molecule has 3 rings (SSSR count). The second-order valence-corrected chi connectivity index (χ2v) is 5.17. The molecular weight excluding hydrogens is 242 g/mol. The fourth-order valence-corrected chi connectivity index (χ4v) is 2.86. The maximum Gasteiger partial charge on any atom is 0.251 e. The summed E-state index contributed by atoms with van der Waals surface area (Å²) in [5, 5.41) is 3.09. The number of benzene rings is 1. The highest BCUT2D eigenvalue weighted by atomic mass is 16.6. The second kappa shape index (κ2) is 5.72. The molecular formula is C15H19NO3. The van der Waals surface area contributed by atoms with E-state index in [0.29, 0.717) is 18.8 Å². The minimum Gasteiger partial charge on any atom is -0.373 e. The Morgan fingerprint density at radius 2 is 1.79 bits per heavy atom. The van der Waals surface area contributed by atoms with Crippen LogP contribution < -0.4 is 5.32 Å². The molecule has 1 heterocycles. The number of ether oxygens (including phenoxy) is 2. The van der Waals surface area contributed by atoms with Crippen molar-refractivity contribution in [1.29, 1.82) is 0 Å². The van der Waals surface area contributed by atoms with Gasteiger partial charge in [-0.1, -0.05) is 18.2 Å². The Bertz CT molecular complexity index is 434. The first-order valence-electron chi connectivity index (χ1n) is 6.92. The predicted molar refractivity (Wildman–Crippen MR) is 71.0 cm³/mol. The van der Waals surface area contributed by atoms with Gasteiger partial charge in [-0.25, -0.2) is 0 Å². The van der Waals surface area contributed by atoms with Crippen molar-refractivity contribution in [2.45, 2.75) is 37.5 Å². The zero-order valence-electron chi connectivity index (χ0n) is 10.9. The van der Waals surface area contributed by atoms with E-state index >= 15 is 0 Å². The highest BCUT2D eigenvalue weighted by Gasteiger charge is 2.34. The summed E-state index contributed by atoms with van der Waals surface area (Å²) in [7, 11) is 0. The summed E-state index contributed by atoms with van der Waals surface area (Å²) in [6.45, 7) is 1.36. The Morgan fingerprint density at radius 3 is 2.58 bits per heavy atom. The lowest BCUT2D eigenvalue weighted by Crippen LogP contribution is -2.49. The highest BCUT2D eigenvalue weighted by Crippen LogP contribution is 2.26. The zero-order valence-corrected chi connectivity index (χ0v) is 10.9. The molecule has 0 spiro atoms. The van der Waals surface area contributed by atoms with E-state index in [1.807, 2.05) is 30.3 Å². The number of nitrogens with one attached hydrogen (secondary N) is 1. The van der Waals surface area contributed by atoms with Crippen LogP contribution in [0.2, 0.25) is 0 Å². The predicted octanol–water partition coefficient (Wildman–Crippen LogP) is 1.75. The smallest absolute Gasteiger partial charge is 0.251 e. The zero-order chi connectivity index (χ0) is 13.1. The number of fused-ring (bicyclic) bond motifs is 1. The van der Waals surface area contributed by atoms with Crippen molar-refractivity contribution < 1.29 is 14.3 Å². The fourth-order valence-electron chi connectivity index (χ4n) is 2.86. The summed E-state index contributed by atoms with van der Waals surface area (Å²) >= 11 is 0. The van der Waals surface area contributed by atoms with Crippen molar-refractivity contribution in [3.05, 3.63) is 35.9 Å². The first kappa shape index (κ1) is 12.6. The average Bonchev–Trinajstić information content (AvgIpc) is 2.48. The van der Waals surface area contributed by atoms with Crippen molar-refractivity contribution >= 4 is 5.91 Å². The number of hydrogen-bond donors (Lipinski definition) is 1. The van der Waals surface area contributed by atoms with E-state index in [1.165, 1.54) is 0 Å². The molecule has 1 amide bonds. The minimum absolute atomic E-state index is 0.000720. The maximum atomic E-state index is 12.1. The van der Waals surface area contributed by atoms with Crippen LogP contribution in [0.25, 0.3) is 0 Å². The van der Waals surface area contributed by atoms with Crippen molar-refractivity contribution in [2.24, 2.45) is 0 Å². The Morgan fingerprint density at radius 1 is 1.05 bits per heavy atom. The molecule has 2 fully saturated rings. The normalized spacial score (nSPS) is 30.4. The molecule has 0 bridgehead atoms. The van der Waals surface area contributed by atoms with E-state index in [4.69, 9.17) is 9.47 Å². The van der Waals surface area contributed by atoms with Crippen LogP contribution in [-0.2, 0) is 9.47 Å². The van der Waals surface area contributed by atoms with Crippen LogP contribution >= 0.6 is 0 Å². The lowest BCUT2D eigenvalue weighted by molar-refractivity contribution is -0.157. The van der Waals surface area contributed by atoms with E-state index in [0.717, 1.165) is 19.3 Å². The molecule has 1 N–H and O–H groups in total. The number of hydrogen-bond acceptors (Lipinski definition) is 3. The highest BCUT2D eigenvalue weighted by molar-refractivity contribution is 5.94. The number of amides is 1. The van der Waals surface area contributed by atoms with Crippen LogP contribution in [0.1, 0.15) is 29.6 Å². The Balaban J connectivity index is 1.57. The third-order valence-electron chi connectivity index (χ3n) is 3.85. The van der Waals surface area contributed by atoms with E-state index in [2.05, 4.69) is 5.32 Å². The van der Waals surface area contributed by atoms with Crippen molar-refractivity contribution in [1.82, 2.24) is 5.32 Å². The van der Waals surface area contributed by atoms with Crippen molar-refractivity contribution in [3.8, 4) is 0 Å². The molecule has 19 heavy (non-hydrogen) atoms. The third kappa shape index (κ3) is 2.96. The summed E-state index contributed by atoms with van der Waals surface area (Å²) in [5.41, 5.74) is 0.713. The molecule has 1 saturated carbocycles. The van der Waals surface area contributed by atoms with Gasteiger partial charge in [0.1, 0.15) is 0 Å². The largest absolute Gasteiger partial charge is 0.373 e. The first-order chi connectivity index (χ1) is 9.33. The van der Waals surface area contributed by atoms with E-state index in [1.54, 1.807) is 0 Å². The summed E-state index contributed by atoms with van der Waals surface area (Å²) in [4.78, 5) is 12.1. The van der Waals surface area contributed by atoms with Crippen LogP contribution in [-0.4, -0.2) is 37.4 Å². The van der Waals surface area contributed by atoms with Crippen LogP contribution in [0, 0.1) is 0 Å².